The van der Waals surface area contributed by atoms with Crippen molar-refractivity contribution in [2.24, 2.45) is 0 Å². The molecule has 1 aliphatic rings. The third kappa shape index (κ3) is 3.79. The van der Waals surface area contributed by atoms with Crippen LogP contribution in [0.4, 0.5) is 13.2 Å². The number of hydrogen-bond acceptors (Lipinski definition) is 4. The number of pyridine rings is 1. The standard InChI is InChI=1S/C17H17F3N2O2/c1-23-15-5-3-2-4-12(15)9-22-10-14(11-22)24-13-6-7-21-16(8-13)17(18,19)20/h2-8,14H,9-11H2,1H3. The minimum absolute atomic E-state index is 0.122. The van der Waals surface area contributed by atoms with Gasteiger partial charge in [-0.05, 0) is 12.1 Å². The zero-order chi connectivity index (χ0) is 17.2. The summed E-state index contributed by atoms with van der Waals surface area (Å²) >= 11 is 0. The van der Waals surface area contributed by atoms with Gasteiger partial charge in [0, 0.05) is 37.5 Å². The van der Waals surface area contributed by atoms with Crippen molar-refractivity contribution in [3.05, 3.63) is 53.9 Å². The highest BCUT2D eigenvalue weighted by Gasteiger charge is 2.34. The van der Waals surface area contributed by atoms with Crippen LogP contribution in [0.3, 0.4) is 0 Å². The second kappa shape index (κ2) is 6.68. The SMILES string of the molecule is COc1ccccc1CN1CC(Oc2ccnc(C(F)(F)F)c2)C1. The van der Waals surface area contributed by atoms with Crippen LogP contribution < -0.4 is 9.47 Å². The molecule has 0 atom stereocenters. The van der Waals surface area contributed by atoms with Gasteiger partial charge in [-0.15, -0.1) is 0 Å². The van der Waals surface area contributed by atoms with Crippen molar-refractivity contribution in [1.29, 1.82) is 0 Å². The van der Waals surface area contributed by atoms with Gasteiger partial charge in [-0.2, -0.15) is 13.2 Å². The van der Waals surface area contributed by atoms with Crippen LogP contribution in [0, 0.1) is 0 Å². The average Bonchev–Trinajstić information content (AvgIpc) is 2.53. The number of methoxy groups -OCH3 is 1. The molecular formula is C17H17F3N2O2. The van der Waals surface area contributed by atoms with E-state index < -0.39 is 11.9 Å². The molecule has 3 rings (SSSR count). The van der Waals surface area contributed by atoms with Crippen LogP contribution in [0.5, 0.6) is 11.5 Å². The molecule has 0 amide bonds. The molecule has 2 aromatic rings. The van der Waals surface area contributed by atoms with Crippen LogP contribution in [0.15, 0.2) is 42.6 Å². The van der Waals surface area contributed by atoms with Gasteiger partial charge in [0.2, 0.25) is 0 Å². The summed E-state index contributed by atoms with van der Waals surface area (Å²) in [5.41, 5.74) is 0.131. The van der Waals surface area contributed by atoms with Crippen molar-refractivity contribution in [3.63, 3.8) is 0 Å². The molecule has 0 spiro atoms. The fraction of sp³-hybridized carbons (Fsp3) is 0.353. The first-order valence-corrected chi connectivity index (χ1v) is 7.50. The summed E-state index contributed by atoms with van der Waals surface area (Å²) in [5.74, 6) is 1.02. The molecule has 4 nitrogen and oxygen atoms in total. The molecule has 1 aromatic carbocycles. The molecule has 7 heteroatoms. The lowest BCUT2D eigenvalue weighted by atomic mass is 10.1. The van der Waals surface area contributed by atoms with Crippen molar-refractivity contribution in [3.8, 4) is 11.5 Å². The highest BCUT2D eigenvalue weighted by atomic mass is 19.4. The average molecular weight is 338 g/mol. The molecule has 0 aliphatic carbocycles. The number of halogens is 3. The number of likely N-dealkylation sites (tertiary alicyclic amines) is 1. The zero-order valence-corrected chi connectivity index (χ0v) is 13.1. The summed E-state index contributed by atoms with van der Waals surface area (Å²) in [4.78, 5) is 5.47. The van der Waals surface area contributed by atoms with Crippen LogP contribution >= 0.6 is 0 Å². The fourth-order valence-electron chi connectivity index (χ4n) is 2.63. The molecule has 128 valence electrons. The highest BCUT2D eigenvalue weighted by molar-refractivity contribution is 5.33. The van der Waals surface area contributed by atoms with Crippen molar-refractivity contribution < 1.29 is 22.6 Å². The van der Waals surface area contributed by atoms with Crippen LogP contribution in [0.25, 0.3) is 0 Å². The first-order chi connectivity index (χ1) is 11.5. The molecular weight excluding hydrogens is 321 g/mol. The summed E-state index contributed by atoms with van der Waals surface area (Å²) in [6, 6.07) is 10.1. The number of hydrogen-bond donors (Lipinski definition) is 0. The number of alkyl halides is 3. The molecule has 0 bridgehead atoms. The molecule has 0 saturated carbocycles. The van der Waals surface area contributed by atoms with E-state index in [9.17, 15) is 13.2 Å². The Kier molecular flexibility index (Phi) is 4.62. The Morgan fingerprint density at radius 3 is 2.67 bits per heavy atom. The number of para-hydroxylation sites is 1. The normalized spacial score (nSPS) is 15.8. The summed E-state index contributed by atoms with van der Waals surface area (Å²) in [6.07, 6.45) is -3.47. The first kappa shape index (κ1) is 16.6. The van der Waals surface area contributed by atoms with E-state index in [1.165, 1.54) is 6.07 Å². The second-order valence-corrected chi connectivity index (χ2v) is 5.62. The Bertz CT molecular complexity index is 700. The lowest BCUT2D eigenvalue weighted by Gasteiger charge is -2.39. The summed E-state index contributed by atoms with van der Waals surface area (Å²) < 4.78 is 48.8. The molecule has 1 aliphatic heterocycles. The van der Waals surface area contributed by atoms with E-state index in [4.69, 9.17) is 9.47 Å². The zero-order valence-electron chi connectivity index (χ0n) is 13.1. The van der Waals surface area contributed by atoms with Crippen LogP contribution in [-0.4, -0.2) is 36.2 Å². The Labute approximate surface area is 137 Å². The van der Waals surface area contributed by atoms with E-state index in [1.54, 1.807) is 7.11 Å². The number of ether oxygens (including phenoxy) is 2. The maximum absolute atomic E-state index is 12.6. The first-order valence-electron chi connectivity index (χ1n) is 7.50. The lowest BCUT2D eigenvalue weighted by Crippen LogP contribution is -2.53. The van der Waals surface area contributed by atoms with E-state index in [0.29, 0.717) is 19.6 Å². The predicted octanol–water partition coefficient (Wildman–Crippen LogP) is 3.37. The minimum atomic E-state index is -4.46. The van der Waals surface area contributed by atoms with Gasteiger partial charge >= 0.3 is 6.18 Å². The van der Waals surface area contributed by atoms with Crippen LogP contribution in [0.1, 0.15) is 11.3 Å². The van der Waals surface area contributed by atoms with Gasteiger partial charge in [-0.25, -0.2) is 0 Å². The molecule has 1 aromatic heterocycles. The van der Waals surface area contributed by atoms with Gasteiger partial charge in [0.25, 0.3) is 0 Å². The van der Waals surface area contributed by atoms with Crippen molar-refractivity contribution in [1.82, 2.24) is 9.88 Å². The molecule has 24 heavy (non-hydrogen) atoms. The number of benzene rings is 1. The number of aromatic nitrogens is 1. The highest BCUT2D eigenvalue weighted by Crippen LogP contribution is 2.30. The fourth-order valence-corrected chi connectivity index (χ4v) is 2.63. The van der Waals surface area contributed by atoms with Crippen LogP contribution in [0.2, 0.25) is 0 Å². The van der Waals surface area contributed by atoms with Gasteiger partial charge in [0.05, 0.1) is 7.11 Å². The molecule has 0 unspecified atom stereocenters. The van der Waals surface area contributed by atoms with Gasteiger partial charge in [-0.1, -0.05) is 18.2 Å². The van der Waals surface area contributed by atoms with E-state index in [1.807, 2.05) is 24.3 Å². The smallest absolute Gasteiger partial charge is 0.433 e. The Morgan fingerprint density at radius 1 is 1.21 bits per heavy atom. The molecule has 0 radical (unpaired) electrons. The molecule has 0 N–H and O–H groups in total. The summed E-state index contributed by atoms with van der Waals surface area (Å²) in [7, 11) is 1.63. The van der Waals surface area contributed by atoms with Crippen molar-refractivity contribution in [2.45, 2.75) is 18.8 Å². The molecule has 1 saturated heterocycles. The van der Waals surface area contributed by atoms with Crippen molar-refractivity contribution in [2.75, 3.05) is 20.2 Å². The maximum Gasteiger partial charge on any atom is 0.433 e. The lowest BCUT2D eigenvalue weighted by molar-refractivity contribution is -0.141. The largest absolute Gasteiger partial charge is 0.496 e. The summed E-state index contributed by atoms with van der Waals surface area (Å²) in [6.45, 7) is 2.03. The van der Waals surface area contributed by atoms with Gasteiger partial charge in [-0.3, -0.25) is 9.88 Å². The predicted molar refractivity (Wildman–Crippen MR) is 81.9 cm³/mol. The Hall–Kier alpha value is -2.28. The van der Waals surface area contributed by atoms with E-state index in [0.717, 1.165) is 23.6 Å². The van der Waals surface area contributed by atoms with Gasteiger partial charge < -0.3 is 9.47 Å². The number of rotatable bonds is 5. The topological polar surface area (TPSA) is 34.6 Å². The minimum Gasteiger partial charge on any atom is -0.496 e. The Balaban J connectivity index is 1.54. The third-order valence-corrected chi connectivity index (χ3v) is 3.83. The quantitative estimate of drug-likeness (QED) is 0.837. The van der Waals surface area contributed by atoms with E-state index in [-0.39, 0.29) is 11.9 Å². The Morgan fingerprint density at radius 2 is 1.96 bits per heavy atom. The summed E-state index contributed by atoms with van der Waals surface area (Å²) in [5, 5.41) is 0. The van der Waals surface area contributed by atoms with Crippen molar-refractivity contribution >= 4 is 0 Å². The van der Waals surface area contributed by atoms with E-state index >= 15 is 0 Å². The monoisotopic (exact) mass is 338 g/mol. The maximum atomic E-state index is 12.6. The van der Waals surface area contributed by atoms with Crippen LogP contribution in [-0.2, 0) is 12.7 Å². The van der Waals surface area contributed by atoms with E-state index in [2.05, 4.69) is 9.88 Å². The van der Waals surface area contributed by atoms with Gasteiger partial charge in [0.1, 0.15) is 23.3 Å². The molecule has 1 fully saturated rings. The molecule has 2 heterocycles. The third-order valence-electron chi connectivity index (χ3n) is 3.83. The second-order valence-electron chi connectivity index (χ2n) is 5.62. The van der Waals surface area contributed by atoms with Gasteiger partial charge in [0.15, 0.2) is 0 Å². The number of nitrogens with zero attached hydrogens (tertiary/aromatic N) is 2.